The van der Waals surface area contributed by atoms with E-state index >= 15 is 0 Å². The van der Waals surface area contributed by atoms with E-state index in [1.54, 1.807) is 6.20 Å². The number of benzene rings is 3. The van der Waals surface area contributed by atoms with E-state index < -0.39 is 0 Å². The third-order valence-electron chi connectivity index (χ3n) is 4.10. The van der Waals surface area contributed by atoms with Gasteiger partial charge in [0.2, 0.25) is 0 Å². The van der Waals surface area contributed by atoms with Crippen molar-refractivity contribution in [3.05, 3.63) is 94.0 Å². The van der Waals surface area contributed by atoms with E-state index in [0.29, 0.717) is 10.7 Å². The summed E-state index contributed by atoms with van der Waals surface area (Å²) in [5.74, 6) is -0.144. The topological polar surface area (TPSA) is 42.0 Å². The summed E-state index contributed by atoms with van der Waals surface area (Å²) in [6, 6.07) is 21.3. The zero-order chi connectivity index (χ0) is 17.9. The standard InChI is InChI=1S/C21H15ClN2OS/c22-16-10-8-14(9-11-16)12-17-13-23-21(26-17)24-20(25)19-7-3-5-15-4-1-2-6-18(15)19/h1-11,13H,12H2,(H,23,24,25). The molecular formula is C21H15ClN2OS. The van der Waals surface area contributed by atoms with Gasteiger partial charge in [-0.3, -0.25) is 10.1 Å². The van der Waals surface area contributed by atoms with Gasteiger partial charge >= 0.3 is 0 Å². The second-order valence-corrected chi connectivity index (χ2v) is 7.47. The van der Waals surface area contributed by atoms with Crippen LogP contribution < -0.4 is 5.32 Å². The Balaban J connectivity index is 1.51. The van der Waals surface area contributed by atoms with Gasteiger partial charge in [-0.05, 0) is 34.5 Å². The van der Waals surface area contributed by atoms with Crippen LogP contribution in [-0.2, 0) is 6.42 Å². The molecule has 128 valence electrons. The average Bonchev–Trinajstić information content (AvgIpc) is 3.10. The Bertz CT molecular complexity index is 1070. The number of nitrogens with one attached hydrogen (secondary N) is 1. The number of hydrogen-bond donors (Lipinski definition) is 1. The first-order valence-electron chi connectivity index (χ1n) is 8.17. The van der Waals surface area contributed by atoms with Crippen LogP contribution in [0.1, 0.15) is 20.8 Å². The van der Waals surface area contributed by atoms with Crippen LogP contribution in [0, 0.1) is 0 Å². The van der Waals surface area contributed by atoms with Gasteiger partial charge in [-0.1, -0.05) is 60.1 Å². The normalized spacial score (nSPS) is 10.8. The highest BCUT2D eigenvalue weighted by molar-refractivity contribution is 7.15. The molecule has 0 fully saturated rings. The molecule has 0 aliphatic rings. The number of carbonyl (C=O) groups excluding carboxylic acids is 1. The van der Waals surface area contributed by atoms with Crippen molar-refractivity contribution in [2.45, 2.75) is 6.42 Å². The van der Waals surface area contributed by atoms with E-state index in [9.17, 15) is 4.79 Å². The summed E-state index contributed by atoms with van der Waals surface area (Å²) in [5, 5.41) is 6.22. The van der Waals surface area contributed by atoms with E-state index in [0.717, 1.165) is 32.7 Å². The monoisotopic (exact) mass is 378 g/mol. The molecule has 0 spiro atoms. The Kier molecular flexibility index (Phi) is 4.69. The predicted octanol–water partition coefficient (Wildman–Crippen LogP) is 5.79. The van der Waals surface area contributed by atoms with Gasteiger partial charge in [0.05, 0.1) is 0 Å². The summed E-state index contributed by atoms with van der Waals surface area (Å²) in [6.45, 7) is 0. The van der Waals surface area contributed by atoms with Crippen molar-refractivity contribution in [1.82, 2.24) is 4.98 Å². The first kappa shape index (κ1) is 16.8. The summed E-state index contributed by atoms with van der Waals surface area (Å²) in [6.07, 6.45) is 2.57. The quantitative estimate of drug-likeness (QED) is 0.488. The van der Waals surface area contributed by atoms with Gasteiger partial charge in [0, 0.05) is 28.1 Å². The zero-order valence-corrected chi connectivity index (χ0v) is 15.3. The van der Waals surface area contributed by atoms with E-state index in [-0.39, 0.29) is 5.91 Å². The Morgan fingerprint density at radius 2 is 1.77 bits per heavy atom. The lowest BCUT2D eigenvalue weighted by atomic mass is 10.0. The molecule has 4 rings (SSSR count). The highest BCUT2D eigenvalue weighted by atomic mass is 35.5. The Morgan fingerprint density at radius 3 is 2.62 bits per heavy atom. The molecule has 1 N–H and O–H groups in total. The van der Waals surface area contributed by atoms with Crippen LogP contribution in [0.5, 0.6) is 0 Å². The van der Waals surface area contributed by atoms with Crippen LogP contribution in [0.15, 0.2) is 72.9 Å². The fourth-order valence-corrected chi connectivity index (χ4v) is 3.81. The second kappa shape index (κ2) is 7.28. The number of amides is 1. The molecule has 4 aromatic rings. The van der Waals surface area contributed by atoms with Crippen LogP contribution in [0.2, 0.25) is 5.02 Å². The van der Waals surface area contributed by atoms with Gasteiger partial charge in [0.15, 0.2) is 5.13 Å². The molecular weight excluding hydrogens is 364 g/mol. The van der Waals surface area contributed by atoms with Gasteiger partial charge < -0.3 is 0 Å². The smallest absolute Gasteiger partial charge is 0.258 e. The van der Waals surface area contributed by atoms with Crippen molar-refractivity contribution in [2.75, 3.05) is 5.32 Å². The van der Waals surface area contributed by atoms with Crippen LogP contribution in [0.3, 0.4) is 0 Å². The number of nitrogens with zero attached hydrogens (tertiary/aromatic N) is 1. The second-order valence-electron chi connectivity index (χ2n) is 5.92. The Labute approximate surface area is 160 Å². The van der Waals surface area contributed by atoms with Gasteiger partial charge in [-0.15, -0.1) is 11.3 Å². The van der Waals surface area contributed by atoms with Crippen molar-refractivity contribution in [3.63, 3.8) is 0 Å². The molecule has 0 bridgehead atoms. The first-order valence-corrected chi connectivity index (χ1v) is 9.37. The number of anilines is 1. The molecule has 5 heteroatoms. The molecule has 0 saturated heterocycles. The fraction of sp³-hybridized carbons (Fsp3) is 0.0476. The number of fused-ring (bicyclic) bond motifs is 1. The molecule has 0 aliphatic heterocycles. The van der Waals surface area contributed by atoms with E-state index in [1.165, 1.54) is 11.3 Å². The Hall–Kier alpha value is -2.69. The molecule has 1 amide bonds. The van der Waals surface area contributed by atoms with E-state index in [1.807, 2.05) is 66.7 Å². The van der Waals surface area contributed by atoms with Crippen molar-refractivity contribution >= 4 is 44.7 Å². The van der Waals surface area contributed by atoms with Gasteiger partial charge in [-0.25, -0.2) is 4.98 Å². The van der Waals surface area contributed by atoms with Crippen LogP contribution in [0.4, 0.5) is 5.13 Å². The highest BCUT2D eigenvalue weighted by Gasteiger charge is 2.12. The third-order valence-corrected chi connectivity index (χ3v) is 5.26. The molecule has 0 radical (unpaired) electrons. The summed E-state index contributed by atoms with van der Waals surface area (Å²) in [7, 11) is 0. The summed E-state index contributed by atoms with van der Waals surface area (Å²) >= 11 is 7.40. The third kappa shape index (κ3) is 3.62. The largest absolute Gasteiger partial charge is 0.298 e. The van der Waals surface area contributed by atoms with Crippen molar-refractivity contribution < 1.29 is 4.79 Å². The van der Waals surface area contributed by atoms with E-state index in [2.05, 4.69) is 10.3 Å². The molecule has 3 nitrogen and oxygen atoms in total. The maximum absolute atomic E-state index is 12.7. The SMILES string of the molecule is O=C(Nc1ncc(Cc2ccc(Cl)cc2)s1)c1cccc2ccccc12. The molecule has 3 aromatic carbocycles. The molecule has 0 unspecified atom stereocenters. The van der Waals surface area contributed by atoms with Crippen molar-refractivity contribution in [2.24, 2.45) is 0 Å². The Morgan fingerprint density at radius 1 is 1.00 bits per heavy atom. The maximum Gasteiger partial charge on any atom is 0.258 e. The van der Waals surface area contributed by atoms with Gasteiger partial charge in [0.1, 0.15) is 0 Å². The van der Waals surface area contributed by atoms with Gasteiger partial charge in [-0.2, -0.15) is 0 Å². The number of aromatic nitrogens is 1. The minimum atomic E-state index is -0.144. The molecule has 26 heavy (non-hydrogen) atoms. The summed E-state index contributed by atoms with van der Waals surface area (Å²) < 4.78 is 0. The molecule has 0 saturated carbocycles. The fourth-order valence-electron chi connectivity index (χ4n) is 2.84. The van der Waals surface area contributed by atoms with Gasteiger partial charge in [0.25, 0.3) is 5.91 Å². The summed E-state index contributed by atoms with van der Waals surface area (Å²) in [5.41, 5.74) is 1.81. The highest BCUT2D eigenvalue weighted by Crippen LogP contribution is 2.24. The molecule has 0 atom stereocenters. The number of hydrogen-bond acceptors (Lipinski definition) is 3. The first-order chi connectivity index (χ1) is 12.7. The molecule has 1 aromatic heterocycles. The zero-order valence-electron chi connectivity index (χ0n) is 13.8. The van der Waals surface area contributed by atoms with Crippen LogP contribution >= 0.6 is 22.9 Å². The lowest BCUT2D eigenvalue weighted by Gasteiger charge is -2.05. The number of rotatable bonds is 4. The number of thiazole rings is 1. The van der Waals surface area contributed by atoms with Crippen LogP contribution in [-0.4, -0.2) is 10.9 Å². The minimum absolute atomic E-state index is 0.144. The average molecular weight is 379 g/mol. The molecule has 0 aliphatic carbocycles. The number of halogens is 1. The van der Waals surface area contributed by atoms with Crippen LogP contribution in [0.25, 0.3) is 10.8 Å². The lowest BCUT2D eigenvalue weighted by Crippen LogP contribution is -2.12. The lowest BCUT2D eigenvalue weighted by molar-refractivity contribution is 0.102. The summed E-state index contributed by atoms with van der Waals surface area (Å²) in [4.78, 5) is 18.1. The van der Waals surface area contributed by atoms with Crippen molar-refractivity contribution in [3.8, 4) is 0 Å². The maximum atomic E-state index is 12.7. The number of carbonyl (C=O) groups is 1. The predicted molar refractivity (Wildman–Crippen MR) is 108 cm³/mol. The van der Waals surface area contributed by atoms with Crippen molar-refractivity contribution in [1.29, 1.82) is 0 Å². The molecule has 1 heterocycles. The van der Waals surface area contributed by atoms with E-state index in [4.69, 9.17) is 11.6 Å². The minimum Gasteiger partial charge on any atom is -0.298 e.